The molecule has 1 aromatic rings. The number of hydrogen-bond acceptors (Lipinski definition) is 5. The van der Waals surface area contributed by atoms with E-state index >= 15 is 0 Å². The van der Waals surface area contributed by atoms with Gasteiger partial charge in [0.05, 0.1) is 19.4 Å². The highest BCUT2D eigenvalue weighted by Crippen LogP contribution is 2.25. The third kappa shape index (κ3) is 2.88. The molecule has 16 heavy (non-hydrogen) atoms. The van der Waals surface area contributed by atoms with E-state index in [2.05, 4.69) is 10.3 Å². The topological polar surface area (TPSA) is 74.6 Å². The van der Waals surface area contributed by atoms with E-state index in [0.29, 0.717) is 0 Å². The van der Waals surface area contributed by atoms with Crippen LogP contribution in [0.15, 0.2) is 12.3 Å². The van der Waals surface area contributed by atoms with Crippen LogP contribution in [-0.2, 0) is 0 Å². The van der Waals surface area contributed by atoms with Gasteiger partial charge in [0.15, 0.2) is 0 Å². The van der Waals surface area contributed by atoms with Crippen molar-refractivity contribution in [2.75, 3.05) is 20.7 Å². The molecular weight excluding hydrogens is 215 g/mol. The summed E-state index contributed by atoms with van der Waals surface area (Å²) in [6.45, 7) is 0.181. The summed E-state index contributed by atoms with van der Waals surface area (Å²) in [6.07, 6.45) is -1.31. The van der Waals surface area contributed by atoms with Crippen molar-refractivity contribution >= 4 is 0 Å². The van der Waals surface area contributed by atoms with Crippen LogP contribution in [0.4, 0.5) is 4.39 Å². The Morgan fingerprint density at radius 1 is 1.56 bits per heavy atom. The fourth-order valence-electron chi connectivity index (χ4n) is 1.35. The number of hydrogen-bond donors (Lipinski definition) is 3. The third-order valence-electron chi connectivity index (χ3n) is 2.14. The van der Waals surface area contributed by atoms with Crippen molar-refractivity contribution in [1.82, 2.24) is 10.3 Å². The van der Waals surface area contributed by atoms with Crippen LogP contribution >= 0.6 is 0 Å². The first-order valence-corrected chi connectivity index (χ1v) is 4.80. The zero-order valence-electron chi connectivity index (χ0n) is 9.14. The fourth-order valence-corrected chi connectivity index (χ4v) is 1.35. The molecule has 0 radical (unpaired) electrons. The van der Waals surface area contributed by atoms with Gasteiger partial charge in [-0.15, -0.1) is 0 Å². The number of likely N-dealkylation sites (N-methyl/N-ethyl adjacent to an activating group) is 1. The molecule has 0 saturated carbocycles. The molecule has 0 aliphatic carbocycles. The molecule has 0 bridgehead atoms. The standard InChI is InChI=1S/C10H15FN2O3/c1-12-5-8(14)9(15)7-3-6(11)4-13-10(7)16-2/h3-4,8-9,12,14-15H,5H2,1-2H3. The number of aromatic nitrogens is 1. The minimum Gasteiger partial charge on any atom is -0.481 e. The first kappa shape index (κ1) is 12.8. The van der Waals surface area contributed by atoms with E-state index in [-0.39, 0.29) is 18.0 Å². The molecule has 2 atom stereocenters. The third-order valence-corrected chi connectivity index (χ3v) is 2.14. The number of ether oxygens (including phenoxy) is 1. The largest absolute Gasteiger partial charge is 0.481 e. The first-order valence-electron chi connectivity index (χ1n) is 4.80. The van der Waals surface area contributed by atoms with Crippen LogP contribution in [0.2, 0.25) is 0 Å². The molecule has 0 amide bonds. The summed E-state index contributed by atoms with van der Waals surface area (Å²) in [6, 6.07) is 1.09. The van der Waals surface area contributed by atoms with Gasteiger partial charge < -0.3 is 20.3 Å². The summed E-state index contributed by atoms with van der Waals surface area (Å²) in [4.78, 5) is 3.67. The first-order chi connectivity index (χ1) is 7.60. The Balaban J connectivity index is 2.96. The molecule has 0 spiro atoms. The summed E-state index contributed by atoms with van der Waals surface area (Å²) in [5.41, 5.74) is 0.130. The number of aliphatic hydroxyl groups is 2. The predicted octanol–water partition coefficient (Wildman–Crippen LogP) is -0.157. The van der Waals surface area contributed by atoms with Gasteiger partial charge in [-0.05, 0) is 13.1 Å². The van der Waals surface area contributed by atoms with Gasteiger partial charge in [-0.25, -0.2) is 9.37 Å². The lowest BCUT2D eigenvalue weighted by atomic mass is 10.1. The molecule has 1 rings (SSSR count). The number of pyridine rings is 1. The maximum atomic E-state index is 13.0. The lowest BCUT2D eigenvalue weighted by Gasteiger charge is -2.19. The Labute approximate surface area is 92.9 Å². The van der Waals surface area contributed by atoms with E-state index in [1.165, 1.54) is 7.11 Å². The Hall–Kier alpha value is -1.24. The number of methoxy groups -OCH3 is 1. The maximum absolute atomic E-state index is 13.0. The van der Waals surface area contributed by atoms with Crippen molar-refractivity contribution in [2.24, 2.45) is 0 Å². The number of halogens is 1. The van der Waals surface area contributed by atoms with Crippen LogP contribution in [0.25, 0.3) is 0 Å². The van der Waals surface area contributed by atoms with E-state index in [4.69, 9.17) is 4.74 Å². The van der Waals surface area contributed by atoms with Gasteiger partial charge in [-0.1, -0.05) is 0 Å². The Morgan fingerprint density at radius 3 is 2.81 bits per heavy atom. The molecule has 0 saturated heterocycles. The van der Waals surface area contributed by atoms with Crippen LogP contribution in [0.5, 0.6) is 5.88 Å². The Kier molecular flexibility index (Phi) is 4.60. The van der Waals surface area contributed by atoms with E-state index in [1.54, 1.807) is 7.05 Å². The second-order valence-corrected chi connectivity index (χ2v) is 3.32. The number of aliphatic hydroxyl groups excluding tert-OH is 2. The quantitative estimate of drug-likeness (QED) is 0.655. The zero-order chi connectivity index (χ0) is 12.1. The average molecular weight is 230 g/mol. The van der Waals surface area contributed by atoms with Gasteiger partial charge in [-0.2, -0.15) is 0 Å². The zero-order valence-corrected chi connectivity index (χ0v) is 9.14. The lowest BCUT2D eigenvalue weighted by Crippen LogP contribution is -2.30. The highest BCUT2D eigenvalue weighted by molar-refractivity contribution is 5.29. The smallest absolute Gasteiger partial charge is 0.219 e. The van der Waals surface area contributed by atoms with E-state index in [9.17, 15) is 14.6 Å². The Bertz CT molecular complexity index is 349. The van der Waals surface area contributed by atoms with Crippen LogP contribution < -0.4 is 10.1 Å². The van der Waals surface area contributed by atoms with Crippen molar-refractivity contribution in [3.8, 4) is 5.88 Å². The minimum absolute atomic E-state index is 0.101. The monoisotopic (exact) mass is 230 g/mol. The van der Waals surface area contributed by atoms with Crippen molar-refractivity contribution < 1.29 is 19.3 Å². The molecule has 2 unspecified atom stereocenters. The molecule has 3 N–H and O–H groups in total. The summed E-state index contributed by atoms with van der Waals surface area (Å²) in [5.74, 6) is -0.490. The summed E-state index contributed by atoms with van der Waals surface area (Å²) in [7, 11) is 3.00. The second-order valence-electron chi connectivity index (χ2n) is 3.32. The van der Waals surface area contributed by atoms with Crippen LogP contribution in [0.3, 0.4) is 0 Å². The van der Waals surface area contributed by atoms with Crippen LogP contribution in [0.1, 0.15) is 11.7 Å². The highest BCUT2D eigenvalue weighted by Gasteiger charge is 2.22. The maximum Gasteiger partial charge on any atom is 0.219 e. The molecule has 1 aromatic heterocycles. The molecule has 1 heterocycles. The normalized spacial score (nSPS) is 14.6. The summed E-state index contributed by atoms with van der Waals surface area (Å²) >= 11 is 0. The number of nitrogens with zero attached hydrogens (tertiary/aromatic N) is 1. The Morgan fingerprint density at radius 2 is 2.25 bits per heavy atom. The molecule has 90 valence electrons. The molecule has 0 aromatic carbocycles. The summed E-state index contributed by atoms with van der Waals surface area (Å²) < 4.78 is 17.8. The van der Waals surface area contributed by atoms with Crippen molar-refractivity contribution in [1.29, 1.82) is 0 Å². The summed E-state index contributed by atoms with van der Waals surface area (Å²) in [5, 5.41) is 22.0. The SMILES string of the molecule is CNCC(O)C(O)c1cc(F)cnc1OC. The van der Waals surface area contributed by atoms with E-state index in [1.807, 2.05) is 0 Å². The molecule has 0 aliphatic rings. The molecule has 0 aliphatic heterocycles. The molecule has 6 heteroatoms. The van der Waals surface area contributed by atoms with Crippen LogP contribution in [0, 0.1) is 5.82 Å². The molecular formula is C10H15FN2O3. The minimum atomic E-state index is -1.24. The van der Waals surface area contributed by atoms with Crippen molar-refractivity contribution in [3.05, 3.63) is 23.6 Å². The van der Waals surface area contributed by atoms with Crippen molar-refractivity contribution in [3.63, 3.8) is 0 Å². The van der Waals surface area contributed by atoms with Gasteiger partial charge in [-0.3, -0.25) is 0 Å². The highest BCUT2D eigenvalue weighted by atomic mass is 19.1. The van der Waals surface area contributed by atoms with E-state index < -0.39 is 18.0 Å². The van der Waals surface area contributed by atoms with Gasteiger partial charge in [0, 0.05) is 12.1 Å². The van der Waals surface area contributed by atoms with Crippen molar-refractivity contribution in [2.45, 2.75) is 12.2 Å². The van der Waals surface area contributed by atoms with Gasteiger partial charge in [0.2, 0.25) is 5.88 Å². The fraction of sp³-hybridized carbons (Fsp3) is 0.500. The average Bonchev–Trinajstić information content (AvgIpc) is 2.28. The lowest BCUT2D eigenvalue weighted by molar-refractivity contribution is 0.0183. The van der Waals surface area contributed by atoms with Gasteiger partial charge in [0.1, 0.15) is 11.9 Å². The number of nitrogens with one attached hydrogen (secondary N) is 1. The molecule has 0 fully saturated rings. The van der Waals surface area contributed by atoms with E-state index in [0.717, 1.165) is 12.3 Å². The molecule has 5 nitrogen and oxygen atoms in total. The van der Waals surface area contributed by atoms with Crippen LogP contribution in [-0.4, -0.2) is 42.0 Å². The predicted molar refractivity (Wildman–Crippen MR) is 55.6 cm³/mol. The number of rotatable bonds is 5. The van der Waals surface area contributed by atoms with Gasteiger partial charge >= 0.3 is 0 Å². The second kappa shape index (κ2) is 5.74. The van der Waals surface area contributed by atoms with Gasteiger partial charge in [0.25, 0.3) is 0 Å².